The molecule has 2 N–H and O–H groups in total. The van der Waals surface area contributed by atoms with Crippen molar-refractivity contribution in [2.45, 2.75) is 38.5 Å². The van der Waals surface area contributed by atoms with Gasteiger partial charge in [-0.1, -0.05) is 37.3 Å². The van der Waals surface area contributed by atoms with E-state index in [4.69, 9.17) is 4.74 Å². The third-order valence-corrected chi connectivity index (χ3v) is 2.97. The molecule has 0 spiro atoms. The van der Waals surface area contributed by atoms with Gasteiger partial charge in [-0.15, -0.1) is 0 Å². The fourth-order valence-electron chi connectivity index (χ4n) is 1.70. The number of hydrogen-bond donors (Lipinski definition) is 2. The number of hydrogen-bond acceptors (Lipinski definition) is 5. The molecule has 0 saturated heterocycles. The summed E-state index contributed by atoms with van der Waals surface area (Å²) in [5, 5.41) is 12.0. The minimum absolute atomic E-state index is 0.0869. The summed E-state index contributed by atoms with van der Waals surface area (Å²) in [5.41, 5.74) is 0.843. The van der Waals surface area contributed by atoms with Crippen molar-refractivity contribution in [2.75, 3.05) is 7.11 Å². The number of aliphatic hydroxyl groups is 1. The van der Waals surface area contributed by atoms with E-state index in [2.05, 4.69) is 10.1 Å². The topological polar surface area (TPSA) is 84.9 Å². The van der Waals surface area contributed by atoms with Crippen molar-refractivity contribution in [3.63, 3.8) is 0 Å². The van der Waals surface area contributed by atoms with E-state index >= 15 is 0 Å². The Kier molecular flexibility index (Phi) is 7.25. The standard InChI is InChI=1S/C15H21NO5/c1-3-12(17)9-13(14(18)20-2)16-15(19)21-10-11-7-5-4-6-8-11/h4-8,12-13,17H,3,9-10H2,1-2H3,(H,16,19)/t12-,13-/m0/s1. The van der Waals surface area contributed by atoms with Gasteiger partial charge >= 0.3 is 12.1 Å². The quantitative estimate of drug-likeness (QED) is 0.747. The van der Waals surface area contributed by atoms with E-state index in [-0.39, 0.29) is 13.0 Å². The molecule has 0 aromatic heterocycles. The highest BCUT2D eigenvalue weighted by Crippen LogP contribution is 2.05. The first kappa shape index (κ1) is 17.0. The second-order valence-corrected chi connectivity index (χ2v) is 4.58. The van der Waals surface area contributed by atoms with Crippen molar-refractivity contribution in [1.29, 1.82) is 0 Å². The highest BCUT2D eigenvalue weighted by atomic mass is 16.6. The second kappa shape index (κ2) is 8.97. The van der Waals surface area contributed by atoms with Gasteiger partial charge in [0.2, 0.25) is 0 Å². The molecule has 1 aromatic rings. The van der Waals surface area contributed by atoms with E-state index in [1.54, 1.807) is 6.92 Å². The molecular weight excluding hydrogens is 274 g/mol. The molecule has 6 heteroatoms. The van der Waals surface area contributed by atoms with Gasteiger partial charge in [-0.05, 0) is 12.0 Å². The van der Waals surface area contributed by atoms with Crippen molar-refractivity contribution in [3.8, 4) is 0 Å². The Bertz CT molecular complexity index is 449. The molecule has 1 aromatic carbocycles. The van der Waals surface area contributed by atoms with Gasteiger partial charge < -0.3 is 19.9 Å². The summed E-state index contributed by atoms with van der Waals surface area (Å²) >= 11 is 0. The van der Waals surface area contributed by atoms with Crippen LogP contribution in [-0.4, -0.2) is 36.4 Å². The average Bonchev–Trinajstić information content (AvgIpc) is 2.52. The Labute approximate surface area is 124 Å². The number of ether oxygens (including phenoxy) is 2. The van der Waals surface area contributed by atoms with Crippen LogP contribution in [0.1, 0.15) is 25.3 Å². The van der Waals surface area contributed by atoms with Gasteiger partial charge in [0.25, 0.3) is 0 Å². The maximum absolute atomic E-state index is 11.7. The zero-order chi connectivity index (χ0) is 15.7. The third-order valence-electron chi connectivity index (χ3n) is 2.97. The van der Waals surface area contributed by atoms with Crippen LogP contribution in [0.4, 0.5) is 4.79 Å². The summed E-state index contributed by atoms with van der Waals surface area (Å²) in [6.45, 7) is 1.89. The molecule has 0 aliphatic carbocycles. The normalized spacial score (nSPS) is 13.1. The molecule has 1 amide bonds. The highest BCUT2D eigenvalue weighted by Gasteiger charge is 2.24. The summed E-state index contributed by atoms with van der Waals surface area (Å²) in [6, 6.07) is 8.27. The Morgan fingerprint density at radius 1 is 1.29 bits per heavy atom. The molecule has 0 fully saturated rings. The van der Waals surface area contributed by atoms with Crippen molar-refractivity contribution >= 4 is 12.1 Å². The minimum Gasteiger partial charge on any atom is -0.467 e. The Morgan fingerprint density at radius 3 is 2.52 bits per heavy atom. The molecule has 0 bridgehead atoms. The zero-order valence-electron chi connectivity index (χ0n) is 12.2. The summed E-state index contributed by atoms with van der Waals surface area (Å²) < 4.78 is 9.63. The van der Waals surface area contributed by atoms with Crippen LogP contribution in [0.5, 0.6) is 0 Å². The Balaban J connectivity index is 2.49. The van der Waals surface area contributed by atoms with Crippen LogP contribution in [0, 0.1) is 0 Å². The molecule has 21 heavy (non-hydrogen) atoms. The molecule has 0 aliphatic heterocycles. The smallest absolute Gasteiger partial charge is 0.408 e. The molecule has 0 saturated carbocycles. The van der Waals surface area contributed by atoms with E-state index in [0.717, 1.165) is 5.56 Å². The van der Waals surface area contributed by atoms with E-state index in [1.807, 2.05) is 30.3 Å². The fraction of sp³-hybridized carbons (Fsp3) is 0.467. The lowest BCUT2D eigenvalue weighted by atomic mass is 10.1. The number of nitrogens with one attached hydrogen (secondary N) is 1. The summed E-state index contributed by atoms with van der Waals surface area (Å²) in [5.74, 6) is -0.612. The molecule has 0 heterocycles. The number of carbonyl (C=O) groups excluding carboxylic acids is 2. The summed E-state index contributed by atoms with van der Waals surface area (Å²) in [4.78, 5) is 23.3. The molecular formula is C15H21NO5. The lowest BCUT2D eigenvalue weighted by Crippen LogP contribution is -2.43. The second-order valence-electron chi connectivity index (χ2n) is 4.58. The Hall–Kier alpha value is -2.08. The van der Waals surface area contributed by atoms with Crippen LogP contribution in [0.15, 0.2) is 30.3 Å². The SMILES string of the molecule is CC[C@H](O)C[C@H](NC(=O)OCc1ccccc1)C(=O)OC. The van der Waals surface area contributed by atoms with Gasteiger partial charge in [-0.25, -0.2) is 9.59 Å². The predicted octanol–water partition coefficient (Wildman–Crippen LogP) is 1.62. The number of amides is 1. The fourth-order valence-corrected chi connectivity index (χ4v) is 1.70. The van der Waals surface area contributed by atoms with Crippen molar-refractivity contribution < 1.29 is 24.2 Å². The molecule has 1 rings (SSSR count). The number of rotatable bonds is 7. The van der Waals surface area contributed by atoms with Crippen molar-refractivity contribution in [2.24, 2.45) is 0 Å². The van der Waals surface area contributed by atoms with E-state index < -0.39 is 24.2 Å². The van der Waals surface area contributed by atoms with Crippen LogP contribution in [0.25, 0.3) is 0 Å². The number of alkyl carbamates (subject to hydrolysis) is 1. The van der Waals surface area contributed by atoms with Crippen molar-refractivity contribution in [3.05, 3.63) is 35.9 Å². The van der Waals surface area contributed by atoms with E-state index in [1.165, 1.54) is 7.11 Å². The Morgan fingerprint density at radius 2 is 1.95 bits per heavy atom. The van der Waals surface area contributed by atoms with Gasteiger partial charge in [-0.3, -0.25) is 0 Å². The predicted molar refractivity (Wildman–Crippen MR) is 76.5 cm³/mol. The largest absolute Gasteiger partial charge is 0.467 e. The van der Waals surface area contributed by atoms with Gasteiger partial charge in [0.1, 0.15) is 12.6 Å². The molecule has 0 radical (unpaired) electrons. The first-order chi connectivity index (χ1) is 10.1. The molecule has 0 aliphatic rings. The van der Waals surface area contributed by atoms with Crippen LogP contribution in [0.2, 0.25) is 0 Å². The van der Waals surface area contributed by atoms with Gasteiger partial charge in [0, 0.05) is 6.42 Å². The third kappa shape index (κ3) is 6.27. The van der Waals surface area contributed by atoms with Crippen LogP contribution >= 0.6 is 0 Å². The van der Waals surface area contributed by atoms with E-state index in [9.17, 15) is 14.7 Å². The number of methoxy groups -OCH3 is 1. The summed E-state index contributed by atoms with van der Waals surface area (Å²) in [6.07, 6.45) is -0.848. The van der Waals surface area contributed by atoms with Crippen LogP contribution in [-0.2, 0) is 20.9 Å². The highest BCUT2D eigenvalue weighted by molar-refractivity contribution is 5.81. The van der Waals surface area contributed by atoms with Crippen molar-refractivity contribution in [1.82, 2.24) is 5.32 Å². The van der Waals surface area contributed by atoms with Crippen LogP contribution in [0.3, 0.4) is 0 Å². The van der Waals surface area contributed by atoms with Crippen LogP contribution < -0.4 is 5.32 Å². The minimum atomic E-state index is -0.923. The molecule has 2 atom stereocenters. The van der Waals surface area contributed by atoms with E-state index in [0.29, 0.717) is 6.42 Å². The lowest BCUT2D eigenvalue weighted by Gasteiger charge is -2.18. The number of carbonyl (C=O) groups is 2. The lowest BCUT2D eigenvalue weighted by molar-refractivity contribution is -0.143. The van der Waals surface area contributed by atoms with Gasteiger partial charge in [0.05, 0.1) is 13.2 Å². The molecule has 0 unspecified atom stereocenters. The number of aliphatic hydroxyl groups excluding tert-OH is 1. The maximum Gasteiger partial charge on any atom is 0.408 e. The first-order valence-electron chi connectivity index (χ1n) is 6.80. The molecule has 6 nitrogen and oxygen atoms in total. The average molecular weight is 295 g/mol. The maximum atomic E-state index is 11.7. The van der Waals surface area contributed by atoms with Gasteiger partial charge in [-0.2, -0.15) is 0 Å². The molecule has 116 valence electrons. The number of benzene rings is 1. The monoisotopic (exact) mass is 295 g/mol. The summed E-state index contributed by atoms with van der Waals surface area (Å²) in [7, 11) is 1.23. The zero-order valence-corrected chi connectivity index (χ0v) is 12.2. The first-order valence-corrected chi connectivity index (χ1v) is 6.80. The number of esters is 1. The van der Waals surface area contributed by atoms with Gasteiger partial charge in [0.15, 0.2) is 0 Å².